The Morgan fingerprint density at radius 3 is 1.08 bits per heavy atom. The fraction of sp³-hybridized carbons (Fsp3) is 0.700. The largest absolute Gasteiger partial charge is 0.545 e. The number of carboxylic acid groups (broad SMARTS) is 1. The lowest BCUT2D eigenvalue weighted by atomic mass is 10.0. The van der Waals surface area contributed by atoms with Crippen molar-refractivity contribution < 1.29 is 42.9 Å². The lowest BCUT2D eigenvalue weighted by molar-refractivity contribution is -0.870. The van der Waals surface area contributed by atoms with Gasteiger partial charge in [0, 0.05) is 12.8 Å². The lowest BCUT2D eigenvalue weighted by Crippen LogP contribution is -2.44. The van der Waals surface area contributed by atoms with Gasteiger partial charge in [0.2, 0.25) is 0 Å². The monoisotopic (exact) mass is 1100 g/mol. The molecule has 0 amide bonds. The molecule has 9 heteroatoms. The van der Waals surface area contributed by atoms with Crippen LogP contribution in [0, 0.1) is 0 Å². The van der Waals surface area contributed by atoms with Crippen molar-refractivity contribution in [1.82, 2.24) is 0 Å². The van der Waals surface area contributed by atoms with Gasteiger partial charge in [0.25, 0.3) is 0 Å². The van der Waals surface area contributed by atoms with Gasteiger partial charge in [-0.25, -0.2) is 0 Å². The Bertz CT molecular complexity index is 1660. The molecule has 0 spiro atoms. The number of esters is 2. The van der Waals surface area contributed by atoms with E-state index < -0.39 is 24.3 Å². The van der Waals surface area contributed by atoms with Gasteiger partial charge in [0.1, 0.15) is 13.2 Å². The van der Waals surface area contributed by atoms with Crippen LogP contribution in [0.4, 0.5) is 0 Å². The summed E-state index contributed by atoms with van der Waals surface area (Å²) in [5.41, 5.74) is 0. The molecule has 2 unspecified atom stereocenters. The second kappa shape index (κ2) is 60.1. The highest BCUT2D eigenvalue weighted by molar-refractivity contribution is 5.70. The minimum Gasteiger partial charge on any atom is -0.545 e. The number of carbonyl (C=O) groups is 3. The van der Waals surface area contributed by atoms with Crippen molar-refractivity contribution in [2.75, 3.05) is 47.5 Å². The first-order chi connectivity index (χ1) is 38.6. The Labute approximate surface area is 485 Å². The SMILES string of the molecule is CC/C=C\C/C=C\C/C=C\C/C=C\C/C=C\C/C=C\C/C=C\CCCCCCCCCCCCCCCCCCCCCC(=O)OC(COC(=O)CCCCCCC/C=C\C/C=C\CCC)COC(OCC[N+](C)(C)C)C(=O)[O-]. The summed E-state index contributed by atoms with van der Waals surface area (Å²) in [6.07, 6.45) is 80.3. The zero-order chi connectivity index (χ0) is 57.6. The predicted octanol–water partition coefficient (Wildman–Crippen LogP) is 18.1. The van der Waals surface area contributed by atoms with Gasteiger partial charge < -0.3 is 33.3 Å². The summed E-state index contributed by atoms with van der Waals surface area (Å²) in [6.45, 7) is 4.55. The van der Waals surface area contributed by atoms with E-state index in [2.05, 4.69) is 123 Å². The Morgan fingerprint density at radius 1 is 0.392 bits per heavy atom. The molecule has 0 aliphatic heterocycles. The summed E-state index contributed by atoms with van der Waals surface area (Å²) < 4.78 is 22.7. The van der Waals surface area contributed by atoms with E-state index in [1.165, 1.54) is 109 Å². The van der Waals surface area contributed by atoms with Gasteiger partial charge >= 0.3 is 11.9 Å². The summed E-state index contributed by atoms with van der Waals surface area (Å²) in [4.78, 5) is 37.2. The van der Waals surface area contributed by atoms with E-state index in [1.807, 2.05) is 21.1 Å². The molecule has 0 aliphatic rings. The molecule has 0 aromatic carbocycles. The third-order valence-electron chi connectivity index (χ3n) is 13.5. The van der Waals surface area contributed by atoms with Crippen LogP contribution >= 0.6 is 0 Å². The quantitative estimate of drug-likeness (QED) is 0.0195. The van der Waals surface area contributed by atoms with Gasteiger partial charge in [-0.2, -0.15) is 0 Å². The van der Waals surface area contributed by atoms with E-state index in [-0.39, 0.29) is 38.6 Å². The van der Waals surface area contributed by atoms with Crippen LogP contribution in [0.3, 0.4) is 0 Å². The van der Waals surface area contributed by atoms with Gasteiger partial charge in [0.15, 0.2) is 12.4 Å². The second-order valence-corrected chi connectivity index (χ2v) is 22.3. The van der Waals surface area contributed by atoms with Crippen molar-refractivity contribution in [3.8, 4) is 0 Å². The van der Waals surface area contributed by atoms with Crippen molar-refractivity contribution >= 4 is 17.9 Å². The number of unbranched alkanes of at least 4 members (excludes halogenated alkanes) is 25. The molecule has 0 radical (unpaired) electrons. The van der Waals surface area contributed by atoms with Crippen LogP contribution in [0.1, 0.15) is 258 Å². The normalized spacial score (nSPS) is 13.5. The maximum absolute atomic E-state index is 12.9. The molecule has 0 bridgehead atoms. The van der Waals surface area contributed by atoms with E-state index >= 15 is 0 Å². The Balaban J connectivity index is 3.99. The molecule has 0 saturated carbocycles. The van der Waals surface area contributed by atoms with E-state index in [1.54, 1.807) is 0 Å². The van der Waals surface area contributed by atoms with Gasteiger partial charge in [0.05, 0.1) is 40.3 Å². The van der Waals surface area contributed by atoms with Crippen molar-refractivity contribution in [3.63, 3.8) is 0 Å². The number of nitrogens with zero attached hydrogens (tertiary/aromatic N) is 1. The number of rotatable bonds is 58. The maximum atomic E-state index is 12.9. The number of allylic oxidation sites excluding steroid dienone is 18. The molecule has 0 aromatic heterocycles. The average Bonchev–Trinajstić information content (AvgIpc) is 3.42. The van der Waals surface area contributed by atoms with Crippen LogP contribution in [-0.4, -0.2) is 82.3 Å². The van der Waals surface area contributed by atoms with Crippen molar-refractivity contribution in [2.24, 2.45) is 0 Å². The fourth-order valence-electron chi connectivity index (χ4n) is 8.61. The number of carboxylic acids is 1. The van der Waals surface area contributed by atoms with E-state index in [4.69, 9.17) is 18.9 Å². The first-order valence-corrected chi connectivity index (χ1v) is 32.0. The molecule has 0 fully saturated rings. The van der Waals surface area contributed by atoms with Crippen molar-refractivity contribution in [3.05, 3.63) is 109 Å². The number of likely N-dealkylation sites (N-methyl/N-ethyl adjacent to an activating group) is 1. The topological polar surface area (TPSA) is 111 Å². The zero-order valence-electron chi connectivity index (χ0n) is 51.5. The number of aliphatic carboxylic acids is 1. The van der Waals surface area contributed by atoms with Crippen LogP contribution in [0.5, 0.6) is 0 Å². The Morgan fingerprint density at radius 2 is 0.722 bits per heavy atom. The minimum atomic E-state index is -1.63. The summed E-state index contributed by atoms with van der Waals surface area (Å²) in [5.74, 6) is -2.30. The van der Waals surface area contributed by atoms with Crippen LogP contribution < -0.4 is 5.11 Å². The maximum Gasteiger partial charge on any atom is 0.306 e. The number of quaternary nitrogens is 1. The number of ether oxygens (including phenoxy) is 4. The molecule has 2 atom stereocenters. The minimum absolute atomic E-state index is 0.143. The molecule has 452 valence electrons. The highest BCUT2D eigenvalue weighted by Gasteiger charge is 2.22. The Hall–Kier alpha value is -4.05. The number of hydrogen-bond acceptors (Lipinski definition) is 8. The van der Waals surface area contributed by atoms with Gasteiger partial charge in [-0.3, -0.25) is 9.59 Å². The van der Waals surface area contributed by atoms with Crippen LogP contribution in [0.2, 0.25) is 0 Å². The molecule has 0 N–H and O–H groups in total. The van der Waals surface area contributed by atoms with Crippen LogP contribution in [0.25, 0.3) is 0 Å². The van der Waals surface area contributed by atoms with Gasteiger partial charge in [-0.1, -0.05) is 258 Å². The fourth-order valence-corrected chi connectivity index (χ4v) is 8.61. The summed E-state index contributed by atoms with van der Waals surface area (Å²) >= 11 is 0. The summed E-state index contributed by atoms with van der Waals surface area (Å²) in [5, 5.41) is 11.8. The second-order valence-electron chi connectivity index (χ2n) is 22.3. The highest BCUT2D eigenvalue weighted by atomic mass is 16.7. The molecule has 0 saturated heterocycles. The number of carbonyl (C=O) groups excluding carboxylic acids is 3. The van der Waals surface area contributed by atoms with E-state index in [0.717, 1.165) is 116 Å². The van der Waals surface area contributed by atoms with E-state index in [9.17, 15) is 19.5 Å². The smallest absolute Gasteiger partial charge is 0.306 e. The molecule has 0 aromatic rings. The lowest BCUT2D eigenvalue weighted by Gasteiger charge is -2.26. The van der Waals surface area contributed by atoms with Crippen molar-refractivity contribution in [1.29, 1.82) is 0 Å². The van der Waals surface area contributed by atoms with Crippen LogP contribution in [-0.2, 0) is 33.3 Å². The Kier molecular flexibility index (Phi) is 57.0. The van der Waals surface area contributed by atoms with Crippen LogP contribution in [0.15, 0.2) is 109 Å². The molecule has 0 rings (SSSR count). The first kappa shape index (κ1) is 75.0. The molecule has 79 heavy (non-hydrogen) atoms. The first-order valence-electron chi connectivity index (χ1n) is 32.0. The molecule has 0 aliphatic carbocycles. The average molecular weight is 1100 g/mol. The van der Waals surface area contributed by atoms with Gasteiger partial charge in [-0.05, 0) is 96.3 Å². The third-order valence-corrected chi connectivity index (χ3v) is 13.5. The zero-order valence-corrected chi connectivity index (χ0v) is 51.5. The molecule has 9 nitrogen and oxygen atoms in total. The highest BCUT2D eigenvalue weighted by Crippen LogP contribution is 2.17. The third kappa shape index (κ3) is 61.4. The number of hydrogen-bond donors (Lipinski definition) is 0. The molecular formula is C70H119NO8. The van der Waals surface area contributed by atoms with Crippen molar-refractivity contribution in [2.45, 2.75) is 270 Å². The van der Waals surface area contributed by atoms with Gasteiger partial charge in [-0.15, -0.1) is 0 Å². The summed E-state index contributed by atoms with van der Waals surface area (Å²) in [6, 6.07) is 0. The molecule has 0 heterocycles. The standard InChI is InChI=1S/C70H119NO8/c1-6-8-10-12-14-16-18-20-21-22-23-24-25-26-27-28-29-30-31-32-33-34-35-36-37-38-39-40-41-42-43-44-45-46-47-49-51-53-55-57-59-61-68(73)79-66(65-78-70(69(74)75)76-63-62-71(3,4)5)64-77-67(72)60-58-56-54-52-50-48-19-17-15-13-11-9-7-2/h8,10-11,13-14,16-17,19-21,23-24,26-27,29-30,32-33,66,70H,6-7,9,12,15,18,22,25,28,31,34-65H2,1-5H3/b10-8-,13-11-,16-14-,19-17-,21-20-,24-23-,27-26-,30-29-,33-32-. The molecular weight excluding hydrogens is 983 g/mol. The summed E-state index contributed by atoms with van der Waals surface area (Å²) in [7, 11) is 5.91. The predicted molar refractivity (Wildman–Crippen MR) is 333 cm³/mol. The van der Waals surface area contributed by atoms with E-state index in [0.29, 0.717) is 17.4 Å².